The molecule has 1 amide bonds. The third-order valence-corrected chi connectivity index (χ3v) is 4.11. The smallest absolute Gasteiger partial charge is 0.237 e. The number of unbranched alkanes of at least 4 members (excludes halogenated alkanes) is 1. The van der Waals surface area contributed by atoms with Gasteiger partial charge in [-0.2, -0.15) is 0 Å². The van der Waals surface area contributed by atoms with Crippen LogP contribution in [0, 0.1) is 24.2 Å². The molecular weight excluding hydrogens is 326 g/mol. The molecule has 5 nitrogen and oxygen atoms in total. The van der Waals surface area contributed by atoms with Crippen molar-refractivity contribution in [1.29, 1.82) is 0 Å². The predicted molar refractivity (Wildman–Crippen MR) is 104 cm³/mol. The maximum atomic E-state index is 11.6. The maximum Gasteiger partial charge on any atom is 0.237 e. The van der Waals surface area contributed by atoms with Gasteiger partial charge in [-0.05, 0) is 50.6 Å². The summed E-state index contributed by atoms with van der Waals surface area (Å²) in [5.41, 5.74) is 6.57. The highest BCUT2D eigenvalue weighted by atomic mass is 16.5. The summed E-state index contributed by atoms with van der Waals surface area (Å²) in [6.07, 6.45) is 9.21. The van der Waals surface area contributed by atoms with E-state index in [1.54, 1.807) is 0 Å². The number of piperidine rings is 1. The first-order valence-corrected chi connectivity index (χ1v) is 9.12. The van der Waals surface area contributed by atoms with Crippen molar-refractivity contribution in [2.24, 2.45) is 5.73 Å². The van der Waals surface area contributed by atoms with Gasteiger partial charge in [-0.25, -0.2) is 0 Å². The minimum Gasteiger partial charge on any atom is -0.490 e. The molecule has 1 aromatic carbocycles. The molecule has 1 aliphatic heterocycles. The van der Waals surface area contributed by atoms with Crippen LogP contribution >= 0.6 is 0 Å². The van der Waals surface area contributed by atoms with Crippen LogP contribution in [-0.4, -0.2) is 37.7 Å². The van der Waals surface area contributed by atoms with E-state index in [2.05, 4.69) is 28.4 Å². The molecule has 0 saturated carbocycles. The van der Waals surface area contributed by atoms with Crippen molar-refractivity contribution in [1.82, 2.24) is 10.6 Å². The Morgan fingerprint density at radius 2 is 2.23 bits per heavy atom. The summed E-state index contributed by atoms with van der Waals surface area (Å²) in [7, 11) is 0. The van der Waals surface area contributed by atoms with Crippen LogP contribution in [0.3, 0.4) is 0 Å². The van der Waals surface area contributed by atoms with Gasteiger partial charge >= 0.3 is 0 Å². The number of hydrogen-bond donors (Lipinski definition) is 3. The topological polar surface area (TPSA) is 76.4 Å². The van der Waals surface area contributed by atoms with Crippen LogP contribution in [0.25, 0.3) is 0 Å². The molecule has 0 aromatic heterocycles. The van der Waals surface area contributed by atoms with Gasteiger partial charge in [-0.3, -0.25) is 4.79 Å². The molecule has 0 bridgehead atoms. The number of rotatable bonds is 7. The van der Waals surface area contributed by atoms with Crippen LogP contribution in [0.4, 0.5) is 0 Å². The molecule has 1 aromatic rings. The zero-order chi connectivity index (χ0) is 18.6. The average Bonchev–Trinajstić information content (AvgIpc) is 2.65. The molecule has 1 saturated heterocycles. The molecule has 1 aliphatic rings. The average molecular weight is 353 g/mol. The molecule has 0 radical (unpaired) electrons. The van der Waals surface area contributed by atoms with E-state index in [0.717, 1.165) is 43.7 Å². The van der Waals surface area contributed by atoms with Crippen LogP contribution in [0.2, 0.25) is 0 Å². The van der Waals surface area contributed by atoms with Gasteiger partial charge in [0.15, 0.2) is 0 Å². The Balaban J connectivity index is 1.71. The van der Waals surface area contributed by atoms with Gasteiger partial charge in [0.1, 0.15) is 11.9 Å². The van der Waals surface area contributed by atoms with Gasteiger partial charge in [0.2, 0.25) is 5.91 Å². The van der Waals surface area contributed by atoms with E-state index in [-0.39, 0.29) is 18.4 Å². The second kappa shape index (κ2) is 11.2. The summed E-state index contributed by atoms with van der Waals surface area (Å²) < 4.78 is 6.03. The molecule has 1 fully saturated rings. The molecule has 138 valence electrons. The molecule has 2 rings (SSSR count). The normalized spacial score (nSPS) is 15.2. The van der Waals surface area contributed by atoms with E-state index in [0.29, 0.717) is 13.0 Å². The minimum atomic E-state index is -0.631. The zero-order valence-corrected chi connectivity index (χ0v) is 15.1. The molecule has 1 atom stereocenters. The summed E-state index contributed by atoms with van der Waals surface area (Å²) in [5.74, 6) is 9.33. The second-order valence-corrected chi connectivity index (χ2v) is 6.31. The number of ether oxygens (including phenoxy) is 1. The van der Waals surface area contributed by atoms with E-state index < -0.39 is 6.04 Å². The van der Waals surface area contributed by atoms with Crippen LogP contribution in [-0.2, 0) is 4.79 Å². The van der Waals surface area contributed by atoms with Gasteiger partial charge in [0.25, 0.3) is 0 Å². The van der Waals surface area contributed by atoms with Crippen LogP contribution in [0.5, 0.6) is 5.75 Å². The lowest BCUT2D eigenvalue weighted by atomic mass is 10.1. The van der Waals surface area contributed by atoms with Gasteiger partial charge in [-0.1, -0.05) is 17.9 Å². The highest BCUT2D eigenvalue weighted by Gasteiger charge is 2.14. The number of terminal acetylenes is 1. The number of amides is 1. The third-order valence-electron chi connectivity index (χ3n) is 4.11. The summed E-state index contributed by atoms with van der Waals surface area (Å²) in [6.45, 7) is 2.56. The second-order valence-electron chi connectivity index (χ2n) is 6.31. The van der Waals surface area contributed by atoms with E-state index in [1.165, 1.54) is 0 Å². The Labute approximate surface area is 156 Å². The number of benzene rings is 1. The molecule has 0 aliphatic carbocycles. The van der Waals surface area contributed by atoms with Crippen LogP contribution in [0.15, 0.2) is 24.3 Å². The van der Waals surface area contributed by atoms with Crippen molar-refractivity contribution in [2.75, 3.05) is 19.6 Å². The number of nitrogens with one attached hydrogen (secondary N) is 2. The first-order valence-electron chi connectivity index (χ1n) is 9.12. The highest BCUT2D eigenvalue weighted by molar-refractivity contribution is 5.81. The fourth-order valence-corrected chi connectivity index (χ4v) is 2.66. The molecule has 1 heterocycles. The standard InChI is InChI=1S/C21H27N3O2/c1-2-7-20(22)21(25)24-13-5-3-4-8-17-9-6-10-19(16-17)26-18-11-14-23-15-12-18/h1,6,9-10,16,18,20,23H,3,5,7,11-15,22H2,(H,24,25). The lowest BCUT2D eigenvalue weighted by Gasteiger charge is -2.23. The van der Waals surface area contributed by atoms with Crippen LogP contribution < -0.4 is 21.1 Å². The molecule has 0 spiro atoms. The predicted octanol–water partition coefficient (Wildman–Crippen LogP) is 1.42. The quantitative estimate of drug-likeness (QED) is 0.512. The molecular formula is C21H27N3O2. The van der Waals surface area contributed by atoms with Crippen LogP contribution in [0.1, 0.15) is 37.7 Å². The van der Waals surface area contributed by atoms with E-state index >= 15 is 0 Å². The monoisotopic (exact) mass is 353 g/mol. The fraction of sp³-hybridized carbons (Fsp3) is 0.476. The Kier molecular flexibility index (Phi) is 8.55. The largest absolute Gasteiger partial charge is 0.490 e. The molecule has 4 N–H and O–H groups in total. The Bertz CT molecular complexity index is 678. The summed E-state index contributed by atoms with van der Waals surface area (Å²) in [4.78, 5) is 11.6. The van der Waals surface area contributed by atoms with Gasteiger partial charge < -0.3 is 21.1 Å². The van der Waals surface area contributed by atoms with Crippen molar-refractivity contribution >= 4 is 5.91 Å². The molecule has 26 heavy (non-hydrogen) atoms. The molecule has 1 unspecified atom stereocenters. The number of carbonyl (C=O) groups excluding carboxylic acids is 1. The number of carbonyl (C=O) groups is 1. The van der Waals surface area contributed by atoms with Crippen molar-refractivity contribution in [3.8, 4) is 29.9 Å². The summed E-state index contributed by atoms with van der Waals surface area (Å²) in [6, 6.07) is 7.27. The first-order chi connectivity index (χ1) is 12.7. The zero-order valence-electron chi connectivity index (χ0n) is 15.1. The van der Waals surface area contributed by atoms with Crippen molar-refractivity contribution in [2.45, 2.75) is 44.2 Å². The minimum absolute atomic E-state index is 0.210. The highest BCUT2D eigenvalue weighted by Crippen LogP contribution is 2.17. The van der Waals surface area contributed by atoms with E-state index in [4.69, 9.17) is 16.9 Å². The van der Waals surface area contributed by atoms with E-state index in [9.17, 15) is 4.79 Å². The third kappa shape index (κ3) is 7.19. The number of nitrogens with two attached hydrogens (primary N) is 1. The summed E-state index contributed by atoms with van der Waals surface area (Å²) in [5, 5.41) is 6.10. The molecule has 5 heteroatoms. The Morgan fingerprint density at radius 1 is 1.42 bits per heavy atom. The SMILES string of the molecule is C#CCC(N)C(=O)NCCCC#Cc1cccc(OC2CCNCC2)c1. The van der Waals surface area contributed by atoms with Crippen molar-refractivity contribution in [3.63, 3.8) is 0 Å². The lowest BCUT2D eigenvalue weighted by Crippen LogP contribution is -2.40. The van der Waals surface area contributed by atoms with Gasteiger partial charge in [0, 0.05) is 24.9 Å². The van der Waals surface area contributed by atoms with Crippen molar-refractivity contribution in [3.05, 3.63) is 29.8 Å². The fourth-order valence-electron chi connectivity index (χ4n) is 2.66. The summed E-state index contributed by atoms with van der Waals surface area (Å²) >= 11 is 0. The van der Waals surface area contributed by atoms with Gasteiger partial charge in [0.05, 0.1) is 6.04 Å². The van der Waals surface area contributed by atoms with Crippen molar-refractivity contribution < 1.29 is 9.53 Å². The first kappa shape index (κ1) is 19.8. The van der Waals surface area contributed by atoms with Gasteiger partial charge in [-0.15, -0.1) is 12.3 Å². The Hall–Kier alpha value is -2.47. The Morgan fingerprint density at radius 3 is 3.00 bits per heavy atom. The van der Waals surface area contributed by atoms with E-state index in [1.807, 2.05) is 24.3 Å². The maximum absolute atomic E-state index is 11.6. The number of hydrogen-bond acceptors (Lipinski definition) is 4. The lowest BCUT2D eigenvalue weighted by molar-refractivity contribution is -0.122.